The monoisotopic (exact) mass is 268 g/mol. The molecular formula is C14H21FN2O2. The van der Waals surface area contributed by atoms with E-state index in [1.165, 1.54) is 12.1 Å². The lowest BCUT2D eigenvalue weighted by atomic mass is 10.1. The second-order valence-corrected chi connectivity index (χ2v) is 4.96. The lowest BCUT2D eigenvalue weighted by molar-refractivity contribution is -0.00902. The van der Waals surface area contributed by atoms with E-state index in [2.05, 4.69) is 4.90 Å². The fourth-order valence-electron chi connectivity index (χ4n) is 2.48. The van der Waals surface area contributed by atoms with Crippen LogP contribution in [0.3, 0.4) is 0 Å². The minimum Gasteiger partial charge on any atom is -0.399 e. The van der Waals surface area contributed by atoms with Gasteiger partial charge in [0.1, 0.15) is 5.82 Å². The van der Waals surface area contributed by atoms with Crippen molar-refractivity contribution in [2.24, 2.45) is 0 Å². The van der Waals surface area contributed by atoms with E-state index in [0.717, 1.165) is 31.5 Å². The standard InChI is InChI=1S/C14H21FN2O2/c15-12-7-11(8-13(16)9-12)10-17-3-1-14(2-4-17)19-6-5-18/h7-9,14,18H,1-6,10,16H2. The summed E-state index contributed by atoms with van der Waals surface area (Å²) < 4.78 is 18.8. The molecule has 4 nitrogen and oxygen atoms in total. The Morgan fingerprint density at radius 2 is 2.05 bits per heavy atom. The number of hydrogen-bond acceptors (Lipinski definition) is 4. The summed E-state index contributed by atoms with van der Waals surface area (Å²) in [5.41, 5.74) is 7.02. The number of benzene rings is 1. The van der Waals surface area contributed by atoms with Gasteiger partial charge in [0.25, 0.3) is 0 Å². The van der Waals surface area contributed by atoms with Gasteiger partial charge in [0.05, 0.1) is 19.3 Å². The second kappa shape index (κ2) is 6.84. The number of anilines is 1. The van der Waals surface area contributed by atoms with Crippen LogP contribution in [0.5, 0.6) is 0 Å². The molecule has 0 unspecified atom stereocenters. The number of likely N-dealkylation sites (tertiary alicyclic amines) is 1. The zero-order valence-corrected chi connectivity index (χ0v) is 11.0. The summed E-state index contributed by atoms with van der Waals surface area (Å²) in [5, 5.41) is 8.71. The molecule has 1 aromatic rings. The van der Waals surface area contributed by atoms with Crippen LogP contribution in [0.2, 0.25) is 0 Å². The molecule has 0 radical (unpaired) electrons. The van der Waals surface area contributed by atoms with Crippen molar-refractivity contribution in [3.8, 4) is 0 Å². The molecule has 0 saturated carbocycles. The minimum atomic E-state index is -0.281. The van der Waals surface area contributed by atoms with Crippen molar-refractivity contribution >= 4 is 5.69 Å². The molecule has 0 atom stereocenters. The van der Waals surface area contributed by atoms with Crippen LogP contribution in [0.1, 0.15) is 18.4 Å². The summed E-state index contributed by atoms with van der Waals surface area (Å²) in [7, 11) is 0. The number of nitrogen functional groups attached to an aromatic ring is 1. The van der Waals surface area contributed by atoms with Gasteiger partial charge in [-0.3, -0.25) is 4.90 Å². The number of ether oxygens (including phenoxy) is 1. The summed E-state index contributed by atoms with van der Waals surface area (Å²) in [6, 6.07) is 4.68. The number of rotatable bonds is 5. The van der Waals surface area contributed by atoms with E-state index in [0.29, 0.717) is 18.8 Å². The number of hydrogen-bond donors (Lipinski definition) is 2. The van der Waals surface area contributed by atoms with Crippen LogP contribution in [0.15, 0.2) is 18.2 Å². The molecule has 1 saturated heterocycles. The topological polar surface area (TPSA) is 58.7 Å². The van der Waals surface area contributed by atoms with E-state index >= 15 is 0 Å². The highest BCUT2D eigenvalue weighted by Crippen LogP contribution is 2.18. The minimum absolute atomic E-state index is 0.0722. The maximum Gasteiger partial charge on any atom is 0.125 e. The maximum atomic E-state index is 13.2. The van der Waals surface area contributed by atoms with Crippen molar-refractivity contribution in [3.05, 3.63) is 29.6 Å². The third-order valence-electron chi connectivity index (χ3n) is 3.37. The fourth-order valence-corrected chi connectivity index (χ4v) is 2.48. The van der Waals surface area contributed by atoms with Crippen LogP contribution in [0.4, 0.5) is 10.1 Å². The molecule has 1 aromatic carbocycles. The average Bonchev–Trinajstić information content (AvgIpc) is 2.37. The van der Waals surface area contributed by atoms with E-state index in [4.69, 9.17) is 15.6 Å². The van der Waals surface area contributed by atoms with Gasteiger partial charge in [-0.15, -0.1) is 0 Å². The SMILES string of the molecule is Nc1cc(F)cc(CN2CCC(OCCO)CC2)c1. The number of halogens is 1. The highest BCUT2D eigenvalue weighted by molar-refractivity contribution is 5.41. The molecule has 5 heteroatoms. The van der Waals surface area contributed by atoms with E-state index in [-0.39, 0.29) is 18.5 Å². The molecule has 0 spiro atoms. The Hall–Kier alpha value is -1.17. The van der Waals surface area contributed by atoms with Crippen molar-refractivity contribution in [1.29, 1.82) is 0 Å². The third-order valence-corrected chi connectivity index (χ3v) is 3.37. The molecule has 0 amide bonds. The van der Waals surface area contributed by atoms with Crippen LogP contribution in [-0.2, 0) is 11.3 Å². The molecule has 106 valence electrons. The number of aliphatic hydroxyl groups excluding tert-OH is 1. The lowest BCUT2D eigenvalue weighted by Crippen LogP contribution is -2.36. The molecule has 0 bridgehead atoms. The average molecular weight is 268 g/mol. The van der Waals surface area contributed by atoms with Gasteiger partial charge in [0.15, 0.2) is 0 Å². The van der Waals surface area contributed by atoms with Crippen molar-refractivity contribution in [2.75, 3.05) is 32.0 Å². The molecule has 1 aliphatic heterocycles. The maximum absolute atomic E-state index is 13.2. The predicted molar refractivity (Wildman–Crippen MR) is 72.1 cm³/mol. The van der Waals surface area contributed by atoms with Gasteiger partial charge in [-0.25, -0.2) is 4.39 Å². The Morgan fingerprint density at radius 3 is 2.68 bits per heavy atom. The van der Waals surface area contributed by atoms with Gasteiger partial charge >= 0.3 is 0 Å². The Morgan fingerprint density at radius 1 is 1.32 bits per heavy atom. The molecule has 19 heavy (non-hydrogen) atoms. The Labute approximate surface area is 113 Å². The van der Waals surface area contributed by atoms with Crippen molar-refractivity contribution in [1.82, 2.24) is 4.90 Å². The van der Waals surface area contributed by atoms with Crippen molar-refractivity contribution in [2.45, 2.75) is 25.5 Å². The van der Waals surface area contributed by atoms with E-state index in [1.807, 2.05) is 6.07 Å². The summed E-state index contributed by atoms with van der Waals surface area (Å²) in [4.78, 5) is 2.27. The largest absolute Gasteiger partial charge is 0.399 e. The predicted octanol–water partition coefficient (Wildman–Crippen LogP) is 1.38. The zero-order valence-electron chi connectivity index (χ0n) is 11.0. The van der Waals surface area contributed by atoms with Crippen molar-refractivity contribution < 1.29 is 14.2 Å². The van der Waals surface area contributed by atoms with Crippen LogP contribution >= 0.6 is 0 Å². The Bertz CT molecular complexity index is 386. The summed E-state index contributed by atoms with van der Waals surface area (Å²) in [5.74, 6) is -0.281. The molecule has 1 heterocycles. The zero-order chi connectivity index (χ0) is 13.7. The Kier molecular flexibility index (Phi) is 5.13. The van der Waals surface area contributed by atoms with Gasteiger partial charge < -0.3 is 15.6 Å². The molecule has 1 fully saturated rings. The van der Waals surface area contributed by atoms with Gasteiger partial charge in [0, 0.05) is 25.3 Å². The van der Waals surface area contributed by atoms with E-state index in [1.54, 1.807) is 0 Å². The smallest absolute Gasteiger partial charge is 0.125 e. The number of nitrogens with two attached hydrogens (primary N) is 1. The molecule has 0 aromatic heterocycles. The first-order chi connectivity index (χ1) is 9.17. The van der Waals surface area contributed by atoms with Gasteiger partial charge in [0.2, 0.25) is 0 Å². The van der Waals surface area contributed by atoms with Gasteiger partial charge in [-0.05, 0) is 36.6 Å². The normalized spacial score (nSPS) is 17.8. The third kappa shape index (κ3) is 4.45. The van der Waals surface area contributed by atoms with E-state index < -0.39 is 0 Å². The molecule has 1 aliphatic rings. The molecule has 3 N–H and O–H groups in total. The molecule has 0 aliphatic carbocycles. The van der Waals surface area contributed by atoms with Crippen molar-refractivity contribution in [3.63, 3.8) is 0 Å². The molecule has 2 rings (SSSR count). The first kappa shape index (κ1) is 14.2. The highest BCUT2D eigenvalue weighted by atomic mass is 19.1. The first-order valence-corrected chi connectivity index (χ1v) is 6.67. The summed E-state index contributed by atoms with van der Waals surface area (Å²) in [6.07, 6.45) is 2.14. The highest BCUT2D eigenvalue weighted by Gasteiger charge is 2.19. The lowest BCUT2D eigenvalue weighted by Gasteiger charge is -2.31. The quantitative estimate of drug-likeness (QED) is 0.792. The van der Waals surface area contributed by atoms with Crippen LogP contribution in [0, 0.1) is 5.82 Å². The van der Waals surface area contributed by atoms with Gasteiger partial charge in [-0.1, -0.05) is 0 Å². The number of aliphatic hydroxyl groups is 1. The fraction of sp³-hybridized carbons (Fsp3) is 0.571. The second-order valence-electron chi connectivity index (χ2n) is 4.96. The number of piperidine rings is 1. The number of nitrogens with zero attached hydrogens (tertiary/aromatic N) is 1. The summed E-state index contributed by atoms with van der Waals surface area (Å²) in [6.45, 7) is 3.04. The first-order valence-electron chi connectivity index (χ1n) is 6.67. The summed E-state index contributed by atoms with van der Waals surface area (Å²) >= 11 is 0. The van der Waals surface area contributed by atoms with Gasteiger partial charge in [-0.2, -0.15) is 0 Å². The van der Waals surface area contributed by atoms with Crippen LogP contribution < -0.4 is 5.73 Å². The van der Waals surface area contributed by atoms with Crippen LogP contribution in [-0.4, -0.2) is 42.4 Å². The molecular weight excluding hydrogens is 247 g/mol. The van der Waals surface area contributed by atoms with Crippen LogP contribution in [0.25, 0.3) is 0 Å². The Balaban J connectivity index is 1.82. The van der Waals surface area contributed by atoms with E-state index in [9.17, 15) is 4.39 Å².